The Bertz CT molecular complexity index is 983. The molecule has 2 aromatic carbocycles. The van der Waals surface area contributed by atoms with Crippen LogP contribution in [0.25, 0.3) is 0 Å². The first-order valence-electron chi connectivity index (χ1n) is 9.84. The second-order valence-electron chi connectivity index (χ2n) is 8.12. The quantitative estimate of drug-likeness (QED) is 0.531. The van der Waals surface area contributed by atoms with E-state index in [1.54, 1.807) is 48.5 Å². The smallest absolute Gasteiger partial charge is 0.347 e. The van der Waals surface area contributed by atoms with Gasteiger partial charge in [0.05, 0.1) is 11.6 Å². The van der Waals surface area contributed by atoms with Gasteiger partial charge in [0.1, 0.15) is 5.75 Å². The maximum atomic E-state index is 12.6. The van der Waals surface area contributed by atoms with Gasteiger partial charge in [-0.05, 0) is 62.4 Å². The van der Waals surface area contributed by atoms with Crippen molar-refractivity contribution >= 4 is 23.3 Å². The highest BCUT2D eigenvalue weighted by atomic mass is 16.6. The van der Waals surface area contributed by atoms with E-state index >= 15 is 0 Å². The van der Waals surface area contributed by atoms with Gasteiger partial charge in [0.15, 0.2) is 12.2 Å². The van der Waals surface area contributed by atoms with E-state index in [2.05, 4.69) is 5.32 Å². The zero-order chi connectivity index (χ0) is 23.2. The van der Waals surface area contributed by atoms with Crippen LogP contribution in [0.1, 0.15) is 50.5 Å². The third-order valence-corrected chi connectivity index (χ3v) is 4.40. The first-order chi connectivity index (χ1) is 14.5. The van der Waals surface area contributed by atoms with Gasteiger partial charge in [-0.3, -0.25) is 9.59 Å². The second-order valence-corrected chi connectivity index (χ2v) is 8.12. The number of anilines is 1. The molecule has 0 aliphatic rings. The van der Waals surface area contributed by atoms with Crippen molar-refractivity contribution in [1.82, 2.24) is 0 Å². The molecule has 7 heteroatoms. The van der Waals surface area contributed by atoms with E-state index in [4.69, 9.17) is 14.7 Å². The topological polar surface area (TPSA) is 105 Å². The molecule has 1 N–H and O–H groups in total. The number of nitrogens with one attached hydrogen (secondary N) is 1. The Morgan fingerprint density at radius 3 is 2.03 bits per heavy atom. The van der Waals surface area contributed by atoms with Crippen molar-refractivity contribution in [3.05, 3.63) is 59.7 Å². The molecule has 0 aliphatic carbocycles. The van der Waals surface area contributed by atoms with Gasteiger partial charge in [-0.25, -0.2) is 4.79 Å². The van der Waals surface area contributed by atoms with Crippen molar-refractivity contribution in [1.29, 1.82) is 5.26 Å². The molecule has 0 heterocycles. The van der Waals surface area contributed by atoms with Crippen LogP contribution in [-0.2, 0) is 14.3 Å². The van der Waals surface area contributed by atoms with Crippen molar-refractivity contribution in [3.8, 4) is 11.8 Å². The Morgan fingerprint density at radius 1 is 0.935 bits per heavy atom. The van der Waals surface area contributed by atoms with Gasteiger partial charge in [-0.2, -0.15) is 5.26 Å². The number of ether oxygens (including phenoxy) is 2. The Morgan fingerprint density at radius 2 is 1.52 bits per heavy atom. The molecule has 2 aromatic rings. The number of Topliss-reactive ketones (excluding diaryl/α,β-unsaturated/α-hetero) is 1. The summed E-state index contributed by atoms with van der Waals surface area (Å²) in [6.45, 7) is 8.43. The normalized spacial score (nSPS) is 12.8. The van der Waals surface area contributed by atoms with Crippen LogP contribution in [0.5, 0.6) is 5.75 Å². The number of carbonyl (C=O) groups is 3. The maximum absolute atomic E-state index is 12.6. The summed E-state index contributed by atoms with van der Waals surface area (Å²) in [5.74, 6) is -0.771. The molecule has 0 radical (unpaired) electrons. The average Bonchev–Trinajstić information content (AvgIpc) is 2.73. The lowest BCUT2D eigenvalue weighted by atomic mass is 9.95. The predicted octanol–water partition coefficient (Wildman–Crippen LogP) is 4.12. The molecule has 0 spiro atoms. The highest BCUT2D eigenvalue weighted by Crippen LogP contribution is 2.19. The highest BCUT2D eigenvalue weighted by molar-refractivity contribution is 6.01. The van der Waals surface area contributed by atoms with Crippen molar-refractivity contribution in [2.45, 2.75) is 46.8 Å². The van der Waals surface area contributed by atoms with Crippen LogP contribution < -0.4 is 10.1 Å². The molecule has 2 rings (SSSR count). The van der Waals surface area contributed by atoms with Crippen molar-refractivity contribution in [2.75, 3.05) is 5.32 Å². The maximum Gasteiger partial charge on any atom is 0.347 e. The van der Waals surface area contributed by atoms with E-state index in [0.29, 0.717) is 22.6 Å². The lowest BCUT2D eigenvalue weighted by Crippen LogP contribution is -2.32. The van der Waals surface area contributed by atoms with Crippen LogP contribution in [0, 0.1) is 16.7 Å². The van der Waals surface area contributed by atoms with Gasteiger partial charge in [0, 0.05) is 16.7 Å². The van der Waals surface area contributed by atoms with Gasteiger partial charge in [0.2, 0.25) is 11.7 Å². The summed E-state index contributed by atoms with van der Waals surface area (Å²) in [7, 11) is 0. The van der Waals surface area contributed by atoms with Crippen LogP contribution >= 0.6 is 0 Å². The lowest BCUT2D eigenvalue weighted by molar-refractivity contribution is -0.153. The number of nitrogens with zero attached hydrogens (tertiary/aromatic N) is 1. The molecule has 0 fully saturated rings. The lowest BCUT2D eigenvalue weighted by Gasteiger charge is -2.18. The van der Waals surface area contributed by atoms with Crippen LogP contribution in [0.3, 0.4) is 0 Å². The van der Waals surface area contributed by atoms with E-state index in [9.17, 15) is 14.4 Å². The van der Waals surface area contributed by atoms with Gasteiger partial charge >= 0.3 is 5.97 Å². The second kappa shape index (κ2) is 9.90. The largest absolute Gasteiger partial charge is 0.479 e. The zero-order valence-electron chi connectivity index (χ0n) is 18.3. The molecule has 2 atom stereocenters. The van der Waals surface area contributed by atoms with Gasteiger partial charge in [-0.1, -0.05) is 20.8 Å². The summed E-state index contributed by atoms with van der Waals surface area (Å²) >= 11 is 0. The summed E-state index contributed by atoms with van der Waals surface area (Å²) in [6.07, 6.45) is -1.94. The van der Waals surface area contributed by atoms with E-state index in [1.165, 1.54) is 13.8 Å². The van der Waals surface area contributed by atoms with Gasteiger partial charge < -0.3 is 14.8 Å². The highest BCUT2D eigenvalue weighted by Gasteiger charge is 2.25. The number of hydrogen-bond acceptors (Lipinski definition) is 6. The number of rotatable bonds is 7. The predicted molar refractivity (Wildman–Crippen MR) is 116 cm³/mol. The summed E-state index contributed by atoms with van der Waals surface area (Å²) in [4.78, 5) is 36.9. The first kappa shape index (κ1) is 23.6. The van der Waals surface area contributed by atoms with Crippen LogP contribution in [0.4, 0.5) is 5.69 Å². The van der Waals surface area contributed by atoms with E-state index in [1.807, 2.05) is 26.8 Å². The van der Waals surface area contributed by atoms with Crippen molar-refractivity contribution in [3.63, 3.8) is 0 Å². The summed E-state index contributed by atoms with van der Waals surface area (Å²) < 4.78 is 10.8. The number of benzene rings is 2. The fraction of sp³-hybridized carbons (Fsp3) is 0.333. The van der Waals surface area contributed by atoms with Crippen molar-refractivity contribution in [2.24, 2.45) is 5.41 Å². The third kappa shape index (κ3) is 6.68. The molecular formula is C24H26N2O5. The molecule has 0 saturated heterocycles. The van der Waals surface area contributed by atoms with E-state index in [0.717, 1.165) is 0 Å². The van der Waals surface area contributed by atoms with Crippen LogP contribution in [-0.4, -0.2) is 29.9 Å². The fourth-order valence-electron chi connectivity index (χ4n) is 2.45. The number of carbonyl (C=O) groups excluding carboxylic acids is 3. The number of esters is 1. The number of nitriles is 1. The average molecular weight is 422 g/mol. The molecule has 0 bridgehead atoms. The standard InChI is InChI=1S/C24H26N2O5/c1-15(31-22(28)16(2)30-20-12-6-17(14-25)7-13-20)21(27)18-8-10-19(11-9-18)26-23(29)24(3,4)5/h6-13,15-16H,1-5H3,(H,26,29)/t15-,16+/m0/s1. The summed E-state index contributed by atoms with van der Waals surface area (Å²) in [6, 6.07) is 14.7. The molecule has 1 amide bonds. The molecule has 0 saturated carbocycles. The van der Waals surface area contributed by atoms with Crippen LogP contribution in [0.2, 0.25) is 0 Å². The molecular weight excluding hydrogens is 396 g/mol. The SMILES string of the molecule is C[C@H](OC(=O)[C@@H](C)Oc1ccc(C#N)cc1)C(=O)c1ccc(NC(=O)C(C)(C)C)cc1. The van der Waals surface area contributed by atoms with Gasteiger partial charge in [0.25, 0.3) is 0 Å². The first-order valence-corrected chi connectivity index (χ1v) is 9.84. The third-order valence-electron chi connectivity index (χ3n) is 4.40. The monoisotopic (exact) mass is 422 g/mol. The molecule has 0 unspecified atom stereocenters. The molecule has 0 aliphatic heterocycles. The Labute approximate surface area is 182 Å². The Balaban J connectivity index is 1.93. The minimum Gasteiger partial charge on any atom is -0.479 e. The Kier molecular flexibility index (Phi) is 7.54. The number of amides is 1. The summed E-state index contributed by atoms with van der Waals surface area (Å²) in [5, 5.41) is 11.6. The number of hydrogen-bond donors (Lipinski definition) is 1. The minimum absolute atomic E-state index is 0.134. The molecule has 0 aromatic heterocycles. The fourth-order valence-corrected chi connectivity index (χ4v) is 2.45. The summed E-state index contributed by atoms with van der Waals surface area (Å²) in [5.41, 5.74) is 0.874. The van der Waals surface area contributed by atoms with Gasteiger partial charge in [-0.15, -0.1) is 0 Å². The molecule has 162 valence electrons. The van der Waals surface area contributed by atoms with Crippen LogP contribution in [0.15, 0.2) is 48.5 Å². The zero-order valence-corrected chi connectivity index (χ0v) is 18.3. The van der Waals surface area contributed by atoms with E-state index < -0.39 is 23.6 Å². The van der Waals surface area contributed by atoms with E-state index in [-0.39, 0.29) is 11.7 Å². The number of ketones is 1. The van der Waals surface area contributed by atoms with Crippen molar-refractivity contribution < 1.29 is 23.9 Å². The molecule has 7 nitrogen and oxygen atoms in total. The minimum atomic E-state index is -1.01. The Hall–Kier alpha value is -3.66. The molecule has 31 heavy (non-hydrogen) atoms.